The first kappa shape index (κ1) is 15.8. The van der Waals surface area contributed by atoms with Crippen molar-refractivity contribution in [2.75, 3.05) is 0 Å². The van der Waals surface area contributed by atoms with Crippen molar-refractivity contribution in [1.82, 2.24) is 10.3 Å². The number of nitrogens with one attached hydrogen (secondary N) is 1. The molecule has 0 aliphatic rings. The number of nitrogens with zero attached hydrogens (tertiary/aromatic N) is 1. The highest BCUT2D eigenvalue weighted by Crippen LogP contribution is 2.21. The number of halogens is 1. The number of ether oxygens (including phenoxy) is 1. The SMILES string of the molecule is CC(C)(C)NCc1cnccc1OCc1ccccc1Cl. The molecule has 1 aromatic heterocycles. The summed E-state index contributed by atoms with van der Waals surface area (Å²) in [5.41, 5.74) is 2.07. The van der Waals surface area contributed by atoms with E-state index in [9.17, 15) is 0 Å². The number of hydrogen-bond donors (Lipinski definition) is 1. The highest BCUT2D eigenvalue weighted by Gasteiger charge is 2.11. The van der Waals surface area contributed by atoms with Crippen molar-refractivity contribution in [2.24, 2.45) is 0 Å². The molecule has 3 nitrogen and oxygen atoms in total. The van der Waals surface area contributed by atoms with Crippen LogP contribution in [-0.4, -0.2) is 10.5 Å². The molecule has 0 saturated carbocycles. The molecule has 0 fully saturated rings. The quantitative estimate of drug-likeness (QED) is 0.899. The van der Waals surface area contributed by atoms with Gasteiger partial charge in [-0.05, 0) is 32.9 Å². The van der Waals surface area contributed by atoms with Crippen molar-refractivity contribution < 1.29 is 4.74 Å². The number of pyridine rings is 1. The summed E-state index contributed by atoms with van der Waals surface area (Å²) in [6.45, 7) is 7.57. The lowest BCUT2D eigenvalue weighted by Crippen LogP contribution is -2.35. The molecule has 0 amide bonds. The lowest BCUT2D eigenvalue weighted by Gasteiger charge is -2.21. The van der Waals surface area contributed by atoms with E-state index in [1.165, 1.54) is 0 Å². The monoisotopic (exact) mass is 304 g/mol. The Hall–Kier alpha value is -1.58. The minimum atomic E-state index is 0.0514. The van der Waals surface area contributed by atoms with E-state index in [1.807, 2.05) is 36.5 Å². The molecule has 112 valence electrons. The van der Waals surface area contributed by atoms with Crippen LogP contribution in [0.25, 0.3) is 0 Å². The van der Waals surface area contributed by atoms with Crippen LogP contribution in [-0.2, 0) is 13.2 Å². The maximum Gasteiger partial charge on any atom is 0.127 e. The summed E-state index contributed by atoms with van der Waals surface area (Å²) in [6.07, 6.45) is 3.57. The molecule has 1 N–H and O–H groups in total. The van der Waals surface area contributed by atoms with Gasteiger partial charge in [0.2, 0.25) is 0 Å². The molecule has 0 radical (unpaired) electrons. The topological polar surface area (TPSA) is 34.2 Å². The summed E-state index contributed by atoms with van der Waals surface area (Å²) in [4.78, 5) is 4.17. The molecule has 0 spiro atoms. The first-order chi connectivity index (χ1) is 9.96. The van der Waals surface area contributed by atoms with E-state index in [4.69, 9.17) is 16.3 Å². The van der Waals surface area contributed by atoms with E-state index in [0.29, 0.717) is 6.61 Å². The van der Waals surface area contributed by atoms with Crippen molar-refractivity contribution in [3.63, 3.8) is 0 Å². The molecule has 0 bridgehead atoms. The minimum Gasteiger partial charge on any atom is -0.488 e. The van der Waals surface area contributed by atoms with Crippen molar-refractivity contribution in [3.05, 3.63) is 58.9 Å². The van der Waals surface area contributed by atoms with Crippen LogP contribution in [0.1, 0.15) is 31.9 Å². The van der Waals surface area contributed by atoms with Gasteiger partial charge in [0.1, 0.15) is 12.4 Å². The molecule has 2 aromatic rings. The van der Waals surface area contributed by atoms with Crippen LogP contribution in [0.3, 0.4) is 0 Å². The van der Waals surface area contributed by atoms with Crippen LogP contribution >= 0.6 is 11.6 Å². The lowest BCUT2D eigenvalue weighted by atomic mass is 10.1. The largest absolute Gasteiger partial charge is 0.488 e. The van der Waals surface area contributed by atoms with E-state index >= 15 is 0 Å². The van der Waals surface area contributed by atoms with Crippen molar-refractivity contribution in [3.8, 4) is 5.75 Å². The Labute approximate surface area is 131 Å². The predicted octanol–water partition coefficient (Wildman–Crippen LogP) is 4.20. The fourth-order valence-electron chi connectivity index (χ4n) is 1.82. The van der Waals surface area contributed by atoms with Gasteiger partial charge in [-0.3, -0.25) is 4.98 Å². The second-order valence-electron chi connectivity index (χ2n) is 5.97. The minimum absolute atomic E-state index is 0.0514. The third-order valence-corrected chi connectivity index (χ3v) is 3.38. The van der Waals surface area contributed by atoms with Crippen LogP contribution in [0.5, 0.6) is 5.75 Å². The summed E-state index contributed by atoms with van der Waals surface area (Å²) in [7, 11) is 0. The summed E-state index contributed by atoms with van der Waals surface area (Å²) < 4.78 is 5.90. The number of hydrogen-bond acceptors (Lipinski definition) is 3. The average Bonchev–Trinajstić information content (AvgIpc) is 2.44. The zero-order valence-electron chi connectivity index (χ0n) is 12.7. The smallest absolute Gasteiger partial charge is 0.127 e. The Morgan fingerprint density at radius 3 is 2.62 bits per heavy atom. The maximum atomic E-state index is 6.15. The molecule has 0 unspecified atom stereocenters. The average molecular weight is 305 g/mol. The fraction of sp³-hybridized carbons (Fsp3) is 0.353. The normalized spacial score (nSPS) is 11.4. The Kier molecular flexibility index (Phi) is 5.21. The first-order valence-corrected chi connectivity index (χ1v) is 7.37. The van der Waals surface area contributed by atoms with Crippen LogP contribution in [0.2, 0.25) is 5.02 Å². The maximum absolute atomic E-state index is 6.15. The summed E-state index contributed by atoms with van der Waals surface area (Å²) >= 11 is 6.15. The molecular formula is C17H21ClN2O. The van der Waals surface area contributed by atoms with Gasteiger partial charge in [-0.1, -0.05) is 29.8 Å². The summed E-state index contributed by atoms with van der Waals surface area (Å²) in [6, 6.07) is 9.60. The first-order valence-electron chi connectivity index (χ1n) is 7.00. The molecule has 0 aliphatic carbocycles. The number of rotatable bonds is 5. The zero-order chi connectivity index (χ0) is 15.3. The standard InChI is InChI=1S/C17H21ClN2O/c1-17(2,3)20-11-14-10-19-9-8-16(14)21-12-13-6-4-5-7-15(13)18/h4-10,20H,11-12H2,1-3H3. The molecule has 0 aliphatic heterocycles. The van der Waals surface area contributed by atoms with Crippen molar-refractivity contribution >= 4 is 11.6 Å². The highest BCUT2D eigenvalue weighted by atomic mass is 35.5. The Bertz CT molecular complexity index is 593. The molecule has 21 heavy (non-hydrogen) atoms. The van der Waals surface area contributed by atoms with Gasteiger partial charge in [0, 0.05) is 40.6 Å². The molecular weight excluding hydrogens is 284 g/mol. The second kappa shape index (κ2) is 6.92. The van der Waals surface area contributed by atoms with Gasteiger partial charge >= 0.3 is 0 Å². The summed E-state index contributed by atoms with van der Waals surface area (Å²) in [5.74, 6) is 0.835. The molecule has 1 aromatic carbocycles. The molecule has 4 heteroatoms. The highest BCUT2D eigenvalue weighted by molar-refractivity contribution is 6.31. The van der Waals surface area contributed by atoms with E-state index in [1.54, 1.807) is 6.20 Å². The predicted molar refractivity (Wildman–Crippen MR) is 86.6 cm³/mol. The molecule has 2 rings (SSSR count). The van der Waals surface area contributed by atoms with Crippen LogP contribution < -0.4 is 10.1 Å². The van der Waals surface area contributed by atoms with Gasteiger partial charge < -0.3 is 10.1 Å². The fourth-order valence-corrected chi connectivity index (χ4v) is 2.01. The van der Waals surface area contributed by atoms with E-state index in [0.717, 1.165) is 28.4 Å². The van der Waals surface area contributed by atoms with Gasteiger partial charge in [0.15, 0.2) is 0 Å². The summed E-state index contributed by atoms with van der Waals surface area (Å²) in [5, 5.41) is 4.17. The van der Waals surface area contributed by atoms with Crippen LogP contribution in [0.4, 0.5) is 0 Å². The number of aromatic nitrogens is 1. The van der Waals surface area contributed by atoms with E-state index in [-0.39, 0.29) is 5.54 Å². The van der Waals surface area contributed by atoms with Gasteiger partial charge in [0.05, 0.1) is 0 Å². The van der Waals surface area contributed by atoms with Gasteiger partial charge in [-0.25, -0.2) is 0 Å². The second-order valence-corrected chi connectivity index (χ2v) is 6.37. The number of benzene rings is 1. The zero-order valence-corrected chi connectivity index (χ0v) is 13.4. The molecule has 0 atom stereocenters. The Morgan fingerprint density at radius 1 is 1.14 bits per heavy atom. The third kappa shape index (κ3) is 5.03. The third-order valence-electron chi connectivity index (χ3n) is 3.01. The van der Waals surface area contributed by atoms with Gasteiger partial charge in [-0.15, -0.1) is 0 Å². The van der Waals surface area contributed by atoms with Crippen molar-refractivity contribution in [2.45, 2.75) is 39.5 Å². The van der Waals surface area contributed by atoms with E-state index in [2.05, 4.69) is 31.1 Å². The lowest BCUT2D eigenvalue weighted by molar-refractivity contribution is 0.299. The van der Waals surface area contributed by atoms with E-state index < -0.39 is 0 Å². The van der Waals surface area contributed by atoms with Gasteiger partial charge in [-0.2, -0.15) is 0 Å². The van der Waals surface area contributed by atoms with Crippen molar-refractivity contribution in [1.29, 1.82) is 0 Å². The molecule has 0 saturated heterocycles. The van der Waals surface area contributed by atoms with Crippen LogP contribution in [0.15, 0.2) is 42.7 Å². The molecule has 1 heterocycles. The Balaban J connectivity index is 2.05. The van der Waals surface area contributed by atoms with Crippen LogP contribution in [0, 0.1) is 0 Å². The van der Waals surface area contributed by atoms with Gasteiger partial charge in [0.25, 0.3) is 0 Å². The Morgan fingerprint density at radius 2 is 1.90 bits per heavy atom.